The Bertz CT molecular complexity index is 449. The summed E-state index contributed by atoms with van der Waals surface area (Å²) in [5.41, 5.74) is 5.55. The fourth-order valence-corrected chi connectivity index (χ4v) is 2.36. The zero-order chi connectivity index (χ0) is 12.8. The molecule has 0 aromatic heterocycles. The Morgan fingerprint density at radius 3 is 1.44 bits per heavy atom. The van der Waals surface area contributed by atoms with Crippen molar-refractivity contribution in [1.29, 1.82) is 0 Å². The van der Waals surface area contributed by atoms with Crippen molar-refractivity contribution in [2.24, 2.45) is 0 Å². The molecule has 0 atom stereocenters. The molecular weight excluding hydrogens is 216 g/mol. The van der Waals surface area contributed by atoms with E-state index < -0.39 is 0 Å². The molecule has 2 rings (SSSR count). The summed E-state index contributed by atoms with van der Waals surface area (Å²) in [6.07, 6.45) is 6.49. The third kappa shape index (κ3) is 2.81. The number of hydrogen-bond acceptors (Lipinski definition) is 0. The predicted molar refractivity (Wildman–Crippen MR) is 79.2 cm³/mol. The van der Waals surface area contributed by atoms with E-state index >= 15 is 0 Å². The standard InChI is InChI=1S/C18H20/c1-3-9-15-11-5-7-13-17(15)18-14-8-6-12-16(18)10-4-2/h3-8,11-14H,9-10H2,1-2H3. The van der Waals surface area contributed by atoms with E-state index in [9.17, 15) is 0 Å². The molecule has 0 saturated heterocycles. The smallest absolute Gasteiger partial charge is 0.0149 e. The fraction of sp³-hybridized carbons (Fsp3) is 0.222. The van der Waals surface area contributed by atoms with E-state index in [2.05, 4.69) is 75.2 Å². The van der Waals surface area contributed by atoms with Crippen LogP contribution < -0.4 is 0 Å². The molecule has 0 aliphatic rings. The van der Waals surface area contributed by atoms with Gasteiger partial charge >= 0.3 is 0 Å². The van der Waals surface area contributed by atoms with E-state index in [-0.39, 0.29) is 0 Å². The van der Waals surface area contributed by atoms with E-state index in [0.29, 0.717) is 0 Å². The van der Waals surface area contributed by atoms with Crippen LogP contribution in [-0.2, 0) is 12.8 Å². The zero-order valence-electron chi connectivity index (χ0n) is 11.2. The van der Waals surface area contributed by atoms with Crippen LogP contribution in [0.3, 0.4) is 0 Å². The van der Waals surface area contributed by atoms with Gasteiger partial charge in [-0.3, -0.25) is 0 Å². The minimum atomic E-state index is 1.03. The van der Waals surface area contributed by atoms with Crippen molar-refractivity contribution in [2.75, 3.05) is 0 Å². The summed E-state index contributed by atoms with van der Waals surface area (Å²) in [5, 5.41) is 0. The Kier molecular flexibility index (Phi) is 4.58. The predicted octanol–water partition coefficient (Wildman–Crippen LogP) is 4.89. The molecule has 0 fully saturated rings. The quantitative estimate of drug-likeness (QED) is 0.693. The lowest BCUT2D eigenvalue weighted by Crippen LogP contribution is -1.94. The van der Waals surface area contributed by atoms with Gasteiger partial charge in [-0.15, -0.1) is 0 Å². The van der Waals surface area contributed by atoms with Crippen LogP contribution in [0.25, 0.3) is 11.1 Å². The summed E-state index contributed by atoms with van der Waals surface area (Å²) >= 11 is 0. The molecule has 92 valence electrons. The summed E-state index contributed by atoms with van der Waals surface area (Å²) in [4.78, 5) is 0. The van der Waals surface area contributed by atoms with Crippen molar-refractivity contribution < 1.29 is 0 Å². The van der Waals surface area contributed by atoms with Crippen molar-refractivity contribution in [1.82, 2.24) is 0 Å². The van der Waals surface area contributed by atoms with Gasteiger partial charge in [0.15, 0.2) is 0 Å². The molecule has 0 saturated carbocycles. The molecule has 2 radical (unpaired) electrons. The van der Waals surface area contributed by atoms with Crippen molar-refractivity contribution in [3.8, 4) is 11.1 Å². The molecule has 0 unspecified atom stereocenters. The zero-order valence-corrected chi connectivity index (χ0v) is 11.2. The van der Waals surface area contributed by atoms with Crippen molar-refractivity contribution in [3.05, 3.63) is 72.5 Å². The molecule has 2 aromatic rings. The highest BCUT2D eigenvalue weighted by Gasteiger charge is 2.07. The van der Waals surface area contributed by atoms with Gasteiger partial charge < -0.3 is 0 Å². The molecule has 0 heterocycles. The van der Waals surface area contributed by atoms with Gasteiger partial charge in [-0.1, -0.05) is 62.4 Å². The van der Waals surface area contributed by atoms with E-state index in [1.54, 1.807) is 0 Å². The summed E-state index contributed by atoms with van der Waals surface area (Å²) in [5.74, 6) is 0. The largest absolute Gasteiger partial charge is 0.0620 e. The molecule has 0 nitrogen and oxygen atoms in total. The monoisotopic (exact) mass is 236 g/mol. The van der Waals surface area contributed by atoms with Crippen LogP contribution >= 0.6 is 0 Å². The van der Waals surface area contributed by atoms with Crippen LogP contribution in [0.4, 0.5) is 0 Å². The lowest BCUT2D eigenvalue weighted by Gasteiger charge is -2.13. The number of benzene rings is 2. The highest BCUT2D eigenvalue weighted by atomic mass is 14.1. The van der Waals surface area contributed by atoms with E-state index in [1.165, 1.54) is 22.3 Å². The minimum absolute atomic E-state index is 1.03. The van der Waals surface area contributed by atoms with Crippen LogP contribution in [0.1, 0.15) is 25.0 Å². The third-order valence-electron chi connectivity index (χ3n) is 3.17. The second-order valence-corrected chi connectivity index (χ2v) is 4.54. The van der Waals surface area contributed by atoms with Crippen LogP contribution in [0, 0.1) is 12.8 Å². The molecule has 0 spiro atoms. The molecule has 0 heteroatoms. The van der Waals surface area contributed by atoms with E-state index in [1.807, 2.05) is 0 Å². The summed E-state index contributed by atoms with van der Waals surface area (Å²) in [6.45, 7) is 4.23. The van der Waals surface area contributed by atoms with Gasteiger partial charge in [-0.25, -0.2) is 0 Å². The average Bonchev–Trinajstić information content (AvgIpc) is 2.41. The Hall–Kier alpha value is -1.56. The Morgan fingerprint density at radius 2 is 1.06 bits per heavy atom. The lowest BCUT2D eigenvalue weighted by molar-refractivity contribution is 1.12. The first-order valence-electron chi connectivity index (χ1n) is 6.58. The molecule has 0 aliphatic carbocycles. The van der Waals surface area contributed by atoms with Gasteiger partial charge in [0.25, 0.3) is 0 Å². The van der Waals surface area contributed by atoms with Gasteiger partial charge in [-0.2, -0.15) is 0 Å². The van der Waals surface area contributed by atoms with Gasteiger partial charge in [0.2, 0.25) is 0 Å². The van der Waals surface area contributed by atoms with Crippen molar-refractivity contribution in [2.45, 2.75) is 26.7 Å². The first kappa shape index (κ1) is 12.9. The molecule has 2 aromatic carbocycles. The molecule has 18 heavy (non-hydrogen) atoms. The van der Waals surface area contributed by atoms with Gasteiger partial charge in [0.1, 0.15) is 0 Å². The highest BCUT2D eigenvalue weighted by Crippen LogP contribution is 2.28. The van der Waals surface area contributed by atoms with Crippen molar-refractivity contribution >= 4 is 0 Å². The number of rotatable bonds is 5. The van der Waals surface area contributed by atoms with Crippen LogP contribution in [0.15, 0.2) is 48.5 Å². The van der Waals surface area contributed by atoms with Crippen LogP contribution in [0.2, 0.25) is 0 Å². The van der Waals surface area contributed by atoms with Crippen LogP contribution in [0.5, 0.6) is 0 Å². The van der Waals surface area contributed by atoms with Gasteiger partial charge in [0, 0.05) is 0 Å². The maximum atomic E-state index is 2.23. The number of hydrogen-bond donors (Lipinski definition) is 0. The van der Waals surface area contributed by atoms with Gasteiger partial charge in [-0.05, 0) is 47.9 Å². The topological polar surface area (TPSA) is 0 Å². The third-order valence-corrected chi connectivity index (χ3v) is 3.17. The first-order chi connectivity index (χ1) is 8.86. The van der Waals surface area contributed by atoms with Crippen LogP contribution in [-0.4, -0.2) is 0 Å². The second kappa shape index (κ2) is 6.39. The fourth-order valence-electron chi connectivity index (χ4n) is 2.36. The molecular formula is C18H20. The van der Waals surface area contributed by atoms with E-state index in [0.717, 1.165) is 12.8 Å². The second-order valence-electron chi connectivity index (χ2n) is 4.54. The summed E-state index contributed by atoms with van der Waals surface area (Å²) in [7, 11) is 0. The van der Waals surface area contributed by atoms with Gasteiger partial charge in [0.05, 0.1) is 0 Å². The normalized spacial score (nSPS) is 10.6. The molecule has 0 bridgehead atoms. The minimum Gasteiger partial charge on any atom is -0.0620 e. The first-order valence-corrected chi connectivity index (χ1v) is 6.58. The average molecular weight is 236 g/mol. The Morgan fingerprint density at radius 1 is 0.667 bits per heavy atom. The summed E-state index contributed by atoms with van der Waals surface area (Å²) < 4.78 is 0. The lowest BCUT2D eigenvalue weighted by atomic mass is 9.92. The maximum absolute atomic E-state index is 2.23. The van der Waals surface area contributed by atoms with E-state index in [4.69, 9.17) is 0 Å². The molecule has 0 aliphatic heterocycles. The summed E-state index contributed by atoms with van der Waals surface area (Å²) in [6, 6.07) is 17.4. The SMILES string of the molecule is C[CH]Cc1ccccc1-c1ccccc1C[CH]C. The molecule has 0 N–H and O–H groups in total. The van der Waals surface area contributed by atoms with Crippen molar-refractivity contribution in [3.63, 3.8) is 0 Å². The molecule has 0 amide bonds. The Balaban J connectivity index is 2.47. The highest BCUT2D eigenvalue weighted by molar-refractivity contribution is 5.71. The Labute approximate surface area is 111 Å². The maximum Gasteiger partial charge on any atom is -0.0149 e.